The van der Waals surface area contributed by atoms with Crippen LogP contribution >= 0.6 is 0 Å². The summed E-state index contributed by atoms with van der Waals surface area (Å²) in [5, 5.41) is 8.87. The van der Waals surface area contributed by atoms with Crippen LogP contribution in [0.4, 0.5) is 4.39 Å². The highest BCUT2D eigenvalue weighted by molar-refractivity contribution is 7.89. The third-order valence-electron chi connectivity index (χ3n) is 2.31. The number of benzene rings is 1. The molecular formula is C10H12FNO4S. The highest BCUT2D eigenvalue weighted by atomic mass is 32.2. The number of nitrogens with zero attached hydrogens (tertiary/aromatic N) is 1. The second-order valence-electron chi connectivity index (χ2n) is 3.36. The van der Waals surface area contributed by atoms with Crippen LogP contribution in [0.2, 0.25) is 0 Å². The van der Waals surface area contributed by atoms with Crippen molar-refractivity contribution in [3.05, 3.63) is 29.6 Å². The second kappa shape index (κ2) is 4.80. The number of carboxylic acid groups (broad SMARTS) is 1. The molecule has 0 unspecified atom stereocenters. The molecule has 0 spiro atoms. The maximum absolute atomic E-state index is 13.0. The van der Waals surface area contributed by atoms with Crippen LogP contribution in [0.25, 0.3) is 0 Å². The van der Waals surface area contributed by atoms with Crippen molar-refractivity contribution >= 4 is 16.0 Å². The highest BCUT2D eigenvalue weighted by Crippen LogP contribution is 2.20. The van der Waals surface area contributed by atoms with Gasteiger partial charge in [-0.1, -0.05) is 6.92 Å². The van der Waals surface area contributed by atoms with Gasteiger partial charge in [0.15, 0.2) is 0 Å². The van der Waals surface area contributed by atoms with Crippen LogP contribution in [0.3, 0.4) is 0 Å². The smallest absolute Gasteiger partial charge is 0.337 e. The predicted molar refractivity (Wildman–Crippen MR) is 58.8 cm³/mol. The van der Waals surface area contributed by atoms with Crippen LogP contribution in [0.15, 0.2) is 23.1 Å². The fourth-order valence-electron chi connectivity index (χ4n) is 1.22. The van der Waals surface area contributed by atoms with E-state index in [2.05, 4.69) is 0 Å². The zero-order valence-electron chi connectivity index (χ0n) is 9.34. The Kier molecular flexibility index (Phi) is 3.84. The van der Waals surface area contributed by atoms with E-state index in [4.69, 9.17) is 5.11 Å². The van der Waals surface area contributed by atoms with Gasteiger partial charge in [-0.2, -0.15) is 0 Å². The molecule has 1 N–H and O–H groups in total. The van der Waals surface area contributed by atoms with Crippen LogP contribution in [-0.2, 0) is 10.0 Å². The van der Waals surface area contributed by atoms with E-state index in [1.54, 1.807) is 6.92 Å². The normalized spacial score (nSPS) is 11.8. The molecule has 0 aliphatic carbocycles. The summed E-state index contributed by atoms with van der Waals surface area (Å²) in [6.45, 7) is 1.76. The Hall–Kier alpha value is -1.47. The predicted octanol–water partition coefficient (Wildman–Crippen LogP) is 1.16. The molecule has 1 aromatic rings. The molecule has 0 heterocycles. The van der Waals surface area contributed by atoms with Crippen molar-refractivity contribution in [3.8, 4) is 0 Å². The molecule has 0 aromatic heterocycles. The lowest BCUT2D eigenvalue weighted by Gasteiger charge is -2.16. The minimum Gasteiger partial charge on any atom is -0.478 e. The minimum atomic E-state index is -3.97. The molecular weight excluding hydrogens is 249 g/mol. The van der Waals surface area contributed by atoms with Crippen molar-refractivity contribution < 1.29 is 22.7 Å². The zero-order valence-corrected chi connectivity index (χ0v) is 10.2. The van der Waals surface area contributed by atoms with Gasteiger partial charge in [0.2, 0.25) is 10.0 Å². The molecule has 0 atom stereocenters. The Balaban J connectivity index is 3.49. The quantitative estimate of drug-likeness (QED) is 0.882. The van der Waals surface area contributed by atoms with E-state index in [1.165, 1.54) is 7.05 Å². The summed E-state index contributed by atoms with van der Waals surface area (Å²) in [6.07, 6.45) is 0. The summed E-state index contributed by atoms with van der Waals surface area (Å²) in [4.78, 5) is 10.4. The van der Waals surface area contributed by atoms with Crippen molar-refractivity contribution in [2.75, 3.05) is 13.6 Å². The maximum Gasteiger partial charge on any atom is 0.337 e. The van der Waals surface area contributed by atoms with Gasteiger partial charge in [0.05, 0.1) is 10.5 Å². The Morgan fingerprint density at radius 3 is 2.53 bits per heavy atom. The number of hydrogen-bond acceptors (Lipinski definition) is 3. The van der Waals surface area contributed by atoms with Gasteiger partial charge in [-0.15, -0.1) is 0 Å². The molecule has 0 radical (unpaired) electrons. The Labute approximate surface area is 98.5 Å². The topological polar surface area (TPSA) is 74.7 Å². The summed E-state index contributed by atoms with van der Waals surface area (Å²) in [6, 6.07) is 2.56. The fraction of sp³-hybridized carbons (Fsp3) is 0.300. The lowest BCUT2D eigenvalue weighted by atomic mass is 10.2. The zero-order chi connectivity index (χ0) is 13.2. The molecule has 1 aromatic carbocycles. The van der Waals surface area contributed by atoms with Gasteiger partial charge in [0.1, 0.15) is 5.82 Å². The SMILES string of the molecule is CCN(C)S(=O)(=O)c1cc(F)ccc1C(=O)O. The standard InChI is InChI=1S/C10H12FNO4S/c1-3-12(2)17(15,16)9-6-7(11)4-5-8(9)10(13)14/h4-6H,3H2,1-2H3,(H,13,14). The number of sulfonamides is 1. The first-order chi connectivity index (χ1) is 7.80. The third kappa shape index (κ3) is 2.62. The van der Waals surface area contributed by atoms with Crippen molar-refractivity contribution in [1.82, 2.24) is 4.31 Å². The Morgan fingerprint density at radius 2 is 2.06 bits per heavy atom. The van der Waals surface area contributed by atoms with E-state index in [-0.39, 0.29) is 6.54 Å². The van der Waals surface area contributed by atoms with Gasteiger partial charge in [0.25, 0.3) is 0 Å². The molecule has 7 heteroatoms. The van der Waals surface area contributed by atoms with Gasteiger partial charge in [-0.3, -0.25) is 0 Å². The Morgan fingerprint density at radius 1 is 1.47 bits per heavy atom. The Bertz CT molecular complexity index is 541. The van der Waals surface area contributed by atoms with Crippen molar-refractivity contribution in [2.45, 2.75) is 11.8 Å². The number of halogens is 1. The summed E-state index contributed by atoms with van der Waals surface area (Å²) in [7, 11) is -2.68. The molecule has 0 amide bonds. The summed E-state index contributed by atoms with van der Waals surface area (Å²) >= 11 is 0. The van der Waals surface area contributed by atoms with Crippen molar-refractivity contribution in [1.29, 1.82) is 0 Å². The van der Waals surface area contributed by atoms with E-state index in [1.807, 2.05) is 0 Å². The minimum absolute atomic E-state index is 0.165. The van der Waals surface area contributed by atoms with E-state index in [0.29, 0.717) is 6.07 Å². The van der Waals surface area contributed by atoms with Crippen molar-refractivity contribution in [3.63, 3.8) is 0 Å². The van der Waals surface area contributed by atoms with Gasteiger partial charge >= 0.3 is 5.97 Å². The first-order valence-electron chi connectivity index (χ1n) is 4.80. The van der Waals surface area contributed by atoms with Crippen LogP contribution in [0, 0.1) is 5.82 Å². The number of rotatable bonds is 4. The first-order valence-corrected chi connectivity index (χ1v) is 6.24. The lowest BCUT2D eigenvalue weighted by Crippen LogP contribution is -2.28. The summed E-state index contributed by atoms with van der Waals surface area (Å²) in [5.74, 6) is -2.20. The molecule has 5 nitrogen and oxygen atoms in total. The largest absolute Gasteiger partial charge is 0.478 e. The molecule has 0 aliphatic rings. The average molecular weight is 261 g/mol. The molecule has 94 valence electrons. The molecule has 17 heavy (non-hydrogen) atoms. The number of carboxylic acids is 1. The number of hydrogen-bond donors (Lipinski definition) is 1. The monoisotopic (exact) mass is 261 g/mol. The molecule has 0 bridgehead atoms. The molecule has 0 saturated heterocycles. The van der Waals surface area contributed by atoms with Gasteiger partial charge in [-0.05, 0) is 18.2 Å². The highest BCUT2D eigenvalue weighted by Gasteiger charge is 2.26. The molecule has 1 rings (SSSR count). The molecule has 0 aliphatic heterocycles. The van der Waals surface area contributed by atoms with E-state index < -0.39 is 32.3 Å². The first kappa shape index (κ1) is 13.6. The van der Waals surface area contributed by atoms with Crippen LogP contribution in [0.1, 0.15) is 17.3 Å². The van der Waals surface area contributed by atoms with E-state index in [9.17, 15) is 17.6 Å². The fourth-order valence-corrected chi connectivity index (χ4v) is 2.59. The van der Waals surface area contributed by atoms with Gasteiger partial charge < -0.3 is 5.11 Å². The van der Waals surface area contributed by atoms with Crippen LogP contribution < -0.4 is 0 Å². The van der Waals surface area contributed by atoms with E-state index >= 15 is 0 Å². The van der Waals surface area contributed by atoms with Crippen molar-refractivity contribution in [2.24, 2.45) is 0 Å². The summed E-state index contributed by atoms with van der Waals surface area (Å²) < 4.78 is 37.9. The number of carbonyl (C=O) groups is 1. The van der Waals surface area contributed by atoms with Crippen LogP contribution in [0.5, 0.6) is 0 Å². The molecule has 0 fully saturated rings. The lowest BCUT2D eigenvalue weighted by molar-refractivity contribution is 0.0692. The van der Waals surface area contributed by atoms with E-state index in [0.717, 1.165) is 16.4 Å². The van der Waals surface area contributed by atoms with Gasteiger partial charge in [-0.25, -0.2) is 21.9 Å². The second-order valence-corrected chi connectivity index (χ2v) is 5.38. The maximum atomic E-state index is 13.0. The van der Waals surface area contributed by atoms with Gasteiger partial charge in [0, 0.05) is 13.6 Å². The summed E-state index contributed by atoms with van der Waals surface area (Å²) in [5.41, 5.74) is -0.438. The number of aromatic carboxylic acids is 1. The van der Waals surface area contributed by atoms with Crippen LogP contribution in [-0.4, -0.2) is 37.4 Å². The molecule has 0 saturated carbocycles. The average Bonchev–Trinajstić information content (AvgIpc) is 2.27. The third-order valence-corrected chi connectivity index (χ3v) is 4.28.